The Kier molecular flexibility index (Phi) is 8.32. The molecule has 36 heavy (non-hydrogen) atoms. The summed E-state index contributed by atoms with van der Waals surface area (Å²) in [5, 5.41) is 16.0. The third-order valence-electron chi connectivity index (χ3n) is 5.39. The number of carbonyl (C=O) groups is 1. The van der Waals surface area contributed by atoms with Gasteiger partial charge in [-0.1, -0.05) is 37.1 Å². The highest BCUT2D eigenvalue weighted by molar-refractivity contribution is 8.26. The van der Waals surface area contributed by atoms with Gasteiger partial charge in [0.1, 0.15) is 24.0 Å². The lowest BCUT2D eigenvalue weighted by molar-refractivity contribution is -0.114. The molecule has 1 amide bonds. The minimum absolute atomic E-state index is 0.0206. The van der Waals surface area contributed by atoms with Gasteiger partial charge in [0, 0.05) is 0 Å². The second kappa shape index (κ2) is 11.6. The van der Waals surface area contributed by atoms with Crippen molar-refractivity contribution in [3.63, 3.8) is 0 Å². The summed E-state index contributed by atoms with van der Waals surface area (Å²) in [6, 6.07) is 11.1. The van der Waals surface area contributed by atoms with Gasteiger partial charge >= 0.3 is 0 Å². The Hall–Kier alpha value is -3.30. The summed E-state index contributed by atoms with van der Waals surface area (Å²) in [7, 11) is 1.51. The number of rotatable bonds is 10. The molecule has 0 atom stereocenters. The van der Waals surface area contributed by atoms with Crippen LogP contribution in [-0.2, 0) is 4.79 Å². The van der Waals surface area contributed by atoms with Crippen LogP contribution >= 0.6 is 23.4 Å². The van der Waals surface area contributed by atoms with Crippen molar-refractivity contribution in [2.45, 2.75) is 33.1 Å². The van der Waals surface area contributed by atoms with Gasteiger partial charge in [-0.25, -0.2) is 0 Å². The van der Waals surface area contributed by atoms with Gasteiger partial charge in [0.25, 0.3) is 5.91 Å². The Bertz CT molecular complexity index is 1270. The van der Waals surface area contributed by atoms with Gasteiger partial charge in [0.2, 0.25) is 5.17 Å². The summed E-state index contributed by atoms with van der Waals surface area (Å²) in [4.78, 5) is 16.8. The van der Waals surface area contributed by atoms with E-state index in [0.29, 0.717) is 33.9 Å². The molecule has 0 spiro atoms. The number of amides is 1. The molecule has 10 heteroatoms. The van der Waals surface area contributed by atoms with Crippen LogP contribution in [0.2, 0.25) is 5.02 Å². The van der Waals surface area contributed by atoms with Gasteiger partial charge in [-0.2, -0.15) is 15.1 Å². The number of hydrogen-bond acceptors (Lipinski definition) is 7. The van der Waals surface area contributed by atoms with Crippen molar-refractivity contribution in [3.05, 3.63) is 58.1 Å². The molecule has 2 aromatic rings. The Morgan fingerprint density at radius 1 is 1.19 bits per heavy atom. The highest BCUT2D eigenvalue weighted by Crippen LogP contribution is 2.38. The van der Waals surface area contributed by atoms with E-state index in [2.05, 4.69) is 17.0 Å². The maximum Gasteiger partial charge on any atom is 0.283 e. The number of fused-ring (bicyclic) bond motifs is 1. The first-order chi connectivity index (χ1) is 17.4. The summed E-state index contributed by atoms with van der Waals surface area (Å²) in [5.74, 6) is 1.03. The minimum Gasteiger partial charge on any atom is -0.493 e. The first kappa shape index (κ1) is 25.8. The van der Waals surface area contributed by atoms with Gasteiger partial charge in [-0.05, 0) is 73.0 Å². The molecule has 0 saturated heterocycles. The Morgan fingerprint density at radius 2 is 2.00 bits per heavy atom. The van der Waals surface area contributed by atoms with Crippen LogP contribution < -0.4 is 14.2 Å². The van der Waals surface area contributed by atoms with E-state index in [4.69, 9.17) is 31.2 Å². The number of benzene rings is 2. The first-order valence-corrected chi connectivity index (χ1v) is 12.8. The molecule has 1 N–H and O–H groups in total. The minimum atomic E-state index is -0.491. The van der Waals surface area contributed by atoms with E-state index >= 15 is 0 Å². The molecule has 0 fully saturated rings. The number of nitrogens with zero attached hydrogens (tertiary/aromatic N) is 3. The lowest BCUT2D eigenvalue weighted by atomic mass is 10.1. The third-order valence-corrected chi connectivity index (χ3v) is 6.64. The molecule has 8 nitrogen and oxygen atoms in total. The van der Waals surface area contributed by atoms with Gasteiger partial charge in [-0.3, -0.25) is 10.2 Å². The van der Waals surface area contributed by atoms with Crippen LogP contribution in [-0.4, -0.2) is 47.3 Å². The number of aliphatic imine (C=N–C) groups is 1. The first-order valence-electron chi connectivity index (χ1n) is 11.6. The summed E-state index contributed by atoms with van der Waals surface area (Å²) >= 11 is 7.84. The third kappa shape index (κ3) is 5.91. The van der Waals surface area contributed by atoms with E-state index in [-0.39, 0.29) is 18.0 Å². The fraction of sp³-hybridized carbons (Fsp3) is 0.308. The SMILES string of the molecule is CCCCC1=NN2C(=N)/C(=C/c3cc(Cl)c(OCCOc4cccc(C)c4)c(OC)c3)C(=O)N=C2S1. The van der Waals surface area contributed by atoms with Crippen molar-refractivity contribution < 1.29 is 19.0 Å². The highest BCUT2D eigenvalue weighted by atomic mass is 35.5. The lowest BCUT2D eigenvalue weighted by Crippen LogP contribution is -2.35. The van der Waals surface area contributed by atoms with Crippen LogP contribution in [0.1, 0.15) is 37.3 Å². The Balaban J connectivity index is 1.47. The molecule has 2 aliphatic heterocycles. The number of ether oxygens (including phenoxy) is 3. The zero-order chi connectivity index (χ0) is 25.7. The van der Waals surface area contributed by atoms with Crippen LogP contribution in [0.15, 0.2) is 52.1 Å². The molecule has 0 radical (unpaired) electrons. The van der Waals surface area contributed by atoms with Gasteiger partial charge in [-0.15, -0.1) is 0 Å². The van der Waals surface area contributed by atoms with Crippen molar-refractivity contribution in [2.24, 2.45) is 10.1 Å². The van der Waals surface area contributed by atoms with Crippen molar-refractivity contribution in [1.82, 2.24) is 5.01 Å². The fourth-order valence-electron chi connectivity index (χ4n) is 3.60. The van der Waals surface area contributed by atoms with Gasteiger partial charge in [0.15, 0.2) is 17.3 Å². The average Bonchev–Trinajstić information content (AvgIpc) is 3.26. The summed E-state index contributed by atoms with van der Waals surface area (Å²) in [6.45, 7) is 4.69. The van der Waals surface area contributed by atoms with E-state index in [1.165, 1.54) is 23.9 Å². The highest BCUT2D eigenvalue weighted by Gasteiger charge is 2.35. The van der Waals surface area contributed by atoms with E-state index in [1.807, 2.05) is 31.2 Å². The molecule has 2 aliphatic rings. The largest absolute Gasteiger partial charge is 0.493 e. The second-order valence-corrected chi connectivity index (χ2v) is 9.61. The Morgan fingerprint density at radius 3 is 2.75 bits per heavy atom. The molecule has 2 aromatic carbocycles. The van der Waals surface area contributed by atoms with Crippen molar-refractivity contribution >= 4 is 51.4 Å². The van der Waals surface area contributed by atoms with E-state index in [0.717, 1.165) is 35.6 Å². The smallest absolute Gasteiger partial charge is 0.283 e. The van der Waals surface area contributed by atoms with Crippen LogP contribution in [0.25, 0.3) is 6.08 Å². The molecule has 4 rings (SSSR count). The molecule has 0 unspecified atom stereocenters. The fourth-order valence-corrected chi connectivity index (χ4v) is 4.80. The number of methoxy groups -OCH3 is 1. The lowest BCUT2D eigenvalue weighted by Gasteiger charge is -2.20. The number of nitrogens with one attached hydrogen (secondary N) is 1. The second-order valence-electron chi connectivity index (χ2n) is 8.16. The van der Waals surface area contributed by atoms with E-state index in [9.17, 15) is 4.79 Å². The predicted molar refractivity (Wildman–Crippen MR) is 145 cm³/mol. The van der Waals surface area contributed by atoms with Crippen molar-refractivity contribution in [2.75, 3.05) is 20.3 Å². The zero-order valence-corrected chi connectivity index (χ0v) is 21.9. The van der Waals surface area contributed by atoms with Crippen LogP contribution in [0, 0.1) is 12.3 Å². The number of amidine groups is 2. The van der Waals surface area contributed by atoms with Crippen molar-refractivity contribution in [1.29, 1.82) is 5.41 Å². The maximum atomic E-state index is 12.7. The van der Waals surface area contributed by atoms with Crippen LogP contribution in [0.3, 0.4) is 0 Å². The number of hydrazone groups is 1. The van der Waals surface area contributed by atoms with Crippen LogP contribution in [0.4, 0.5) is 0 Å². The van der Waals surface area contributed by atoms with Gasteiger partial charge in [0.05, 0.1) is 17.7 Å². The van der Waals surface area contributed by atoms with Gasteiger partial charge < -0.3 is 14.2 Å². The van der Waals surface area contributed by atoms with Crippen LogP contribution in [0.5, 0.6) is 17.2 Å². The molecular formula is C26H27ClN4O4S. The van der Waals surface area contributed by atoms with Crippen molar-refractivity contribution in [3.8, 4) is 17.2 Å². The standard InChI is InChI=1S/C26H27ClN4O4S/c1-4-5-9-22-30-31-24(28)19(25(32)29-26(31)36-22)13-17-14-20(27)23(21(15-17)33-3)35-11-10-34-18-8-6-7-16(2)12-18/h6-8,12-15,28H,4-5,9-11H2,1-3H3/b19-13-,28-24?. The molecular weight excluding hydrogens is 500 g/mol. The summed E-state index contributed by atoms with van der Waals surface area (Å²) in [6.07, 6.45) is 4.38. The molecule has 0 aliphatic carbocycles. The molecule has 2 heterocycles. The van der Waals surface area contributed by atoms with E-state index in [1.54, 1.807) is 18.2 Å². The molecule has 0 aromatic heterocycles. The normalized spacial score (nSPS) is 16.1. The summed E-state index contributed by atoms with van der Waals surface area (Å²) in [5.41, 5.74) is 1.81. The molecule has 0 saturated carbocycles. The number of aryl methyl sites for hydroxylation is 1. The summed E-state index contributed by atoms with van der Waals surface area (Å²) < 4.78 is 17.0. The monoisotopic (exact) mass is 526 g/mol. The quantitative estimate of drug-likeness (QED) is 0.305. The number of unbranched alkanes of at least 4 members (excludes halogenated alkanes) is 1. The number of carbonyl (C=O) groups excluding carboxylic acids is 1. The maximum absolute atomic E-state index is 12.7. The number of hydrogen-bond donors (Lipinski definition) is 1. The Labute approximate surface area is 219 Å². The number of thioether (sulfide) groups is 1. The predicted octanol–water partition coefficient (Wildman–Crippen LogP) is 5.92. The molecule has 0 bridgehead atoms. The number of halogens is 1. The average molecular weight is 527 g/mol. The topological polar surface area (TPSA) is 96.6 Å². The van der Waals surface area contributed by atoms with E-state index < -0.39 is 5.91 Å². The zero-order valence-electron chi connectivity index (χ0n) is 20.3. The molecule has 188 valence electrons.